The Kier molecular flexibility index (Phi) is 66.8. The van der Waals surface area contributed by atoms with E-state index in [2.05, 4.69) is 364 Å². The number of benzene rings is 10. The van der Waals surface area contributed by atoms with E-state index in [-0.39, 0.29) is 0 Å². The number of aryl methyl sites for hydroxylation is 7. The van der Waals surface area contributed by atoms with Gasteiger partial charge in [0.2, 0.25) is 0 Å². The quantitative estimate of drug-likeness (QED) is 0.105. The molecule has 10 aromatic rings. The third kappa shape index (κ3) is 41.1. The SMILES string of the molecule is C1=CC2=C(C1)CC=C2.C1=CC2=C(C=CC2)C1.C1=CC2CCCC2C=C1.C1=CCc2ccccc2C1.C1=Cc2ccccc2C1.C1=Cc2ccccc2CC1.C1=c2ccccc2=CC1.CC.CC.CC.CC.CC.CC.CC.CC.CC.CC.CC.c1ccc2c(c1)CCCC2.c1ccc2c(c1)CCCCC2.c1ccc2c(c1)CCc1ccccc1C2.c1ccc2c(c1)Cc1ccccc1-2. The van der Waals surface area contributed by atoms with E-state index >= 15 is 0 Å². The Morgan fingerprint density at radius 1 is 0.209 bits per heavy atom. The third-order valence-corrected chi connectivity index (χ3v) is 23.9. The fourth-order valence-electron chi connectivity index (χ4n) is 17.6. The Balaban J connectivity index is 0.000000373. The molecule has 1 fully saturated rings. The number of rotatable bonds is 0. The molecule has 134 heavy (non-hydrogen) atoms. The maximum absolute atomic E-state index is 2.36. The van der Waals surface area contributed by atoms with Crippen molar-refractivity contribution in [3.05, 3.63) is 462 Å². The Bertz CT molecular complexity index is 5000. The van der Waals surface area contributed by atoms with E-state index in [9.17, 15) is 0 Å². The molecule has 10 aromatic carbocycles. The van der Waals surface area contributed by atoms with Crippen LogP contribution in [0.2, 0.25) is 0 Å². The first-order chi connectivity index (χ1) is 66.6. The maximum atomic E-state index is 2.36. The molecule has 716 valence electrons. The van der Waals surface area contributed by atoms with Crippen LogP contribution in [0, 0.1) is 11.8 Å². The van der Waals surface area contributed by atoms with Crippen molar-refractivity contribution in [3.63, 3.8) is 0 Å². The maximum Gasteiger partial charge on any atom is -0.00135 e. The van der Waals surface area contributed by atoms with Gasteiger partial charge in [0.15, 0.2) is 0 Å². The highest BCUT2D eigenvalue weighted by Gasteiger charge is 2.24. The van der Waals surface area contributed by atoms with Crippen LogP contribution in [0.4, 0.5) is 0 Å². The fraction of sp³-hybridized carbons (Fsp3) is 0.373. The molecule has 0 N–H and O–H groups in total. The molecule has 0 spiro atoms. The Hall–Kier alpha value is -10.9. The van der Waals surface area contributed by atoms with Crippen LogP contribution >= 0.6 is 0 Å². The van der Waals surface area contributed by atoms with Gasteiger partial charge in [-0.15, -0.1) is 0 Å². The second kappa shape index (κ2) is 76.4. The van der Waals surface area contributed by atoms with Gasteiger partial charge in [-0.3, -0.25) is 0 Å². The van der Waals surface area contributed by atoms with Crippen molar-refractivity contribution < 1.29 is 0 Å². The highest BCUT2D eigenvalue weighted by molar-refractivity contribution is 5.76. The van der Waals surface area contributed by atoms with Gasteiger partial charge in [0, 0.05) is 0 Å². The molecule has 2 unspecified atom stereocenters. The molecule has 0 heterocycles. The zero-order valence-electron chi connectivity index (χ0n) is 88.2. The van der Waals surface area contributed by atoms with E-state index in [1.807, 2.05) is 152 Å². The number of allylic oxidation sites excluding steroid dienone is 20. The third-order valence-electron chi connectivity index (χ3n) is 23.9. The summed E-state index contributed by atoms with van der Waals surface area (Å²) in [6.45, 7) is 44.0. The highest BCUT2D eigenvalue weighted by Crippen LogP contribution is 2.38. The molecule has 0 amide bonds. The highest BCUT2D eigenvalue weighted by atomic mass is 14.3. The van der Waals surface area contributed by atoms with Crippen LogP contribution in [0.3, 0.4) is 0 Å². The molecule has 14 aliphatic rings. The van der Waals surface area contributed by atoms with Crippen molar-refractivity contribution >= 4 is 24.3 Å². The summed E-state index contributed by atoms with van der Waals surface area (Å²) < 4.78 is 0. The van der Waals surface area contributed by atoms with Crippen LogP contribution in [0.5, 0.6) is 0 Å². The van der Waals surface area contributed by atoms with Gasteiger partial charge in [-0.2, -0.15) is 0 Å². The lowest BCUT2D eigenvalue weighted by molar-refractivity contribution is 0.552. The van der Waals surface area contributed by atoms with E-state index in [0.29, 0.717) is 0 Å². The lowest BCUT2D eigenvalue weighted by Crippen LogP contribution is -2.19. The molecule has 0 heteroatoms. The average molecular weight is 1790 g/mol. The predicted octanol–water partition coefficient (Wildman–Crippen LogP) is 38.3. The van der Waals surface area contributed by atoms with Crippen LogP contribution in [0.15, 0.2) is 362 Å². The molecule has 14 aliphatic carbocycles. The summed E-state index contributed by atoms with van der Waals surface area (Å²) in [5.41, 5.74) is 33.0. The normalized spacial score (nSPS) is 15.3. The van der Waals surface area contributed by atoms with Gasteiger partial charge in [0.25, 0.3) is 0 Å². The van der Waals surface area contributed by atoms with Crippen LogP contribution in [-0.4, -0.2) is 0 Å². The summed E-state index contributed by atoms with van der Waals surface area (Å²) in [6, 6.07) is 86.8. The average Bonchev–Trinajstić information content (AvgIpc) is 1.65. The first kappa shape index (κ1) is 117. The second-order valence-corrected chi connectivity index (χ2v) is 31.4. The van der Waals surface area contributed by atoms with E-state index in [0.717, 1.165) is 50.4 Å². The molecule has 24 rings (SSSR count). The van der Waals surface area contributed by atoms with E-state index in [1.165, 1.54) is 233 Å². The van der Waals surface area contributed by atoms with Gasteiger partial charge >= 0.3 is 0 Å². The Morgan fingerprint density at radius 3 is 0.903 bits per heavy atom. The van der Waals surface area contributed by atoms with Crippen molar-refractivity contribution in [2.45, 2.75) is 319 Å². The zero-order chi connectivity index (χ0) is 97.8. The number of hydrogen-bond acceptors (Lipinski definition) is 0. The van der Waals surface area contributed by atoms with E-state index < -0.39 is 0 Å². The fourth-order valence-corrected chi connectivity index (χ4v) is 17.6. The molecule has 0 aliphatic heterocycles. The van der Waals surface area contributed by atoms with Crippen molar-refractivity contribution in [2.75, 3.05) is 0 Å². The van der Waals surface area contributed by atoms with Crippen molar-refractivity contribution in [2.24, 2.45) is 11.8 Å². The first-order valence-corrected chi connectivity index (χ1v) is 53.4. The molecule has 1 saturated carbocycles. The molecule has 0 bridgehead atoms. The monoisotopic (exact) mass is 1790 g/mol. The van der Waals surface area contributed by atoms with Gasteiger partial charge in [-0.25, -0.2) is 0 Å². The summed E-state index contributed by atoms with van der Waals surface area (Å²) in [7, 11) is 0. The van der Waals surface area contributed by atoms with Gasteiger partial charge in [0.05, 0.1) is 0 Å². The molecular weight excluding hydrogens is 1610 g/mol. The summed E-state index contributed by atoms with van der Waals surface area (Å²) in [5, 5.41) is 2.77. The molecule has 0 nitrogen and oxygen atoms in total. The Labute approximate surface area is 822 Å². The van der Waals surface area contributed by atoms with Crippen LogP contribution in [-0.2, 0) is 77.0 Å². The minimum absolute atomic E-state index is 0.898. The van der Waals surface area contributed by atoms with E-state index in [1.54, 1.807) is 27.8 Å². The van der Waals surface area contributed by atoms with Crippen molar-refractivity contribution in [1.29, 1.82) is 0 Å². The molecule has 0 saturated heterocycles. The van der Waals surface area contributed by atoms with Crippen LogP contribution < -0.4 is 10.4 Å². The number of fused-ring (bicyclic) bond motifs is 12. The van der Waals surface area contributed by atoms with Crippen LogP contribution in [0.25, 0.3) is 35.4 Å². The lowest BCUT2D eigenvalue weighted by atomic mass is 9.92. The van der Waals surface area contributed by atoms with Gasteiger partial charge in [0.1, 0.15) is 0 Å². The summed E-state index contributed by atoms with van der Waals surface area (Å²) in [6.07, 6.45) is 77.3. The first-order valence-electron chi connectivity index (χ1n) is 53.4. The Morgan fingerprint density at radius 2 is 0.507 bits per heavy atom. The molecule has 0 aromatic heterocycles. The number of hydrogen-bond donors (Lipinski definition) is 0. The summed E-state index contributed by atoms with van der Waals surface area (Å²) >= 11 is 0. The van der Waals surface area contributed by atoms with E-state index in [4.69, 9.17) is 0 Å². The van der Waals surface area contributed by atoms with Crippen molar-refractivity contribution in [3.8, 4) is 11.1 Å². The minimum atomic E-state index is 0.898. The summed E-state index contributed by atoms with van der Waals surface area (Å²) in [5.74, 6) is 1.80. The van der Waals surface area contributed by atoms with Gasteiger partial charge < -0.3 is 0 Å². The minimum Gasteiger partial charge on any atom is -0.0838 e. The lowest BCUT2D eigenvalue weighted by Gasteiger charge is -2.13. The zero-order valence-corrected chi connectivity index (χ0v) is 88.2. The summed E-state index contributed by atoms with van der Waals surface area (Å²) in [4.78, 5) is 0. The second-order valence-electron chi connectivity index (χ2n) is 31.4. The predicted molar refractivity (Wildman–Crippen MR) is 607 cm³/mol. The molecule has 0 radical (unpaired) electrons. The standard InChI is InChI=1S/C15H14.C13H10.C11H14.C10H12.2C10H10.C9H12.2C9H8.2C8H8.11C2H6/c1-3-7-14-11-15-8-4-2-6-13(15)10-9-12(14)5-1;1-3-7-12-10(5-1)9-11-6-2-4-8-13(11)12;1-2-6-10-8-4-5-9-11(10)7-3-1;3*1-2-6-10-8-4-3-7-9(10)5-1;3*1-2-5-9-7-3-6-8(9)4-1;2*1-3-7-5-2-6-8(7)4-1;11*1-2/h1-8H,9-11H2;1-8H,9H2;4-5,8-9H,1-3,6-7H2;1-2,5-6H,3-4,7-8H2;1-3,5-7H,4,8H2;1-6H,7-8H2;1-2,4-5,8-9H,3,6-7H2;1-2,4-7H,3H2;1-6H,7H2;1-3,6H,4-5H2;1-3,5H,4,6H2;11*1-2H3. The van der Waals surface area contributed by atoms with Gasteiger partial charge in [-0.05, 0) is 293 Å². The van der Waals surface area contributed by atoms with Gasteiger partial charge in [-0.1, -0.05) is 535 Å². The molecule has 2 atom stereocenters. The van der Waals surface area contributed by atoms with Crippen molar-refractivity contribution in [1.82, 2.24) is 0 Å². The molecular formula is C134H180. The topological polar surface area (TPSA) is 0 Å². The largest absolute Gasteiger partial charge is 0.0838 e. The van der Waals surface area contributed by atoms with Crippen LogP contribution in [0.1, 0.15) is 331 Å². The smallest absolute Gasteiger partial charge is 0.00135 e.